The fourth-order valence-electron chi connectivity index (χ4n) is 5.66. The smallest absolute Gasteiger partial charge is 0.255 e. The Bertz CT molecular complexity index is 1380. The van der Waals surface area contributed by atoms with Crippen molar-refractivity contribution in [2.24, 2.45) is 10.9 Å². The zero-order valence-corrected chi connectivity index (χ0v) is 23.6. The van der Waals surface area contributed by atoms with Crippen LogP contribution in [-0.2, 0) is 17.9 Å². The second kappa shape index (κ2) is 11.3. The van der Waals surface area contributed by atoms with Gasteiger partial charge in [-0.25, -0.2) is 4.98 Å². The predicted octanol–water partition coefficient (Wildman–Crippen LogP) is 3.88. The fourth-order valence-corrected chi connectivity index (χ4v) is 6.47. The maximum Gasteiger partial charge on any atom is 0.255 e. The van der Waals surface area contributed by atoms with Crippen molar-refractivity contribution in [1.82, 2.24) is 20.1 Å². The van der Waals surface area contributed by atoms with Crippen molar-refractivity contribution in [3.8, 4) is 10.4 Å². The second-order valence-electron chi connectivity index (χ2n) is 10.6. The maximum atomic E-state index is 14.0. The topological polar surface area (TPSA) is 98.1 Å². The number of aliphatic hydroxyl groups excluding tert-OH is 1. The van der Waals surface area contributed by atoms with Crippen LogP contribution in [0.4, 0.5) is 0 Å². The van der Waals surface area contributed by atoms with Gasteiger partial charge in [-0.3, -0.25) is 14.6 Å². The van der Waals surface area contributed by atoms with E-state index in [0.29, 0.717) is 30.9 Å². The summed E-state index contributed by atoms with van der Waals surface area (Å²) in [5.74, 6) is 0.291. The molecule has 1 aromatic heterocycles. The van der Waals surface area contributed by atoms with Crippen LogP contribution in [0.3, 0.4) is 0 Å². The van der Waals surface area contributed by atoms with Gasteiger partial charge in [0, 0.05) is 38.7 Å². The lowest BCUT2D eigenvalue weighted by atomic mass is 10.00. The van der Waals surface area contributed by atoms with Crippen molar-refractivity contribution >= 4 is 29.0 Å². The number of carbonyl (C=O) groups excluding carboxylic acids is 2. The lowest BCUT2D eigenvalue weighted by Crippen LogP contribution is -2.55. The monoisotopic (exact) mass is 545 g/mol. The van der Waals surface area contributed by atoms with Gasteiger partial charge >= 0.3 is 0 Å². The Kier molecular flexibility index (Phi) is 7.81. The summed E-state index contributed by atoms with van der Waals surface area (Å²) in [5, 5.41) is 14.0. The number of aryl methyl sites for hydroxylation is 1. The number of β-amino-alcohol motifs (C(OH)–C–C–N with tert-alkyl or cyclic N) is 1. The summed E-state index contributed by atoms with van der Waals surface area (Å²) in [4.78, 5) is 40.6. The molecule has 2 amide bonds. The number of benzene rings is 2. The van der Waals surface area contributed by atoms with Gasteiger partial charge in [0.05, 0.1) is 28.2 Å². The number of aliphatic imine (C=N–C) groups is 1. The number of rotatable bonds is 7. The Balaban J connectivity index is 1.30. The van der Waals surface area contributed by atoms with Crippen LogP contribution in [0.2, 0.25) is 0 Å². The zero-order valence-electron chi connectivity index (χ0n) is 22.8. The first kappa shape index (κ1) is 27.0. The molecule has 8 nitrogen and oxygen atoms in total. The zero-order chi connectivity index (χ0) is 27.7. The van der Waals surface area contributed by atoms with Gasteiger partial charge in [-0.1, -0.05) is 56.3 Å². The number of amides is 2. The summed E-state index contributed by atoms with van der Waals surface area (Å²) < 4.78 is 0. The van der Waals surface area contributed by atoms with E-state index in [-0.39, 0.29) is 24.3 Å². The molecule has 2 N–H and O–H groups in total. The van der Waals surface area contributed by atoms with Crippen LogP contribution in [0.1, 0.15) is 47.4 Å². The maximum absolute atomic E-state index is 14.0. The molecule has 3 aromatic rings. The Morgan fingerprint density at radius 3 is 2.59 bits per heavy atom. The number of aromatic nitrogens is 1. The Labute approximate surface area is 233 Å². The number of nitrogens with one attached hydrogen (secondary N) is 1. The van der Waals surface area contributed by atoms with E-state index in [4.69, 9.17) is 0 Å². The molecule has 1 fully saturated rings. The van der Waals surface area contributed by atoms with Crippen LogP contribution in [0, 0.1) is 12.8 Å². The molecule has 0 spiro atoms. The highest BCUT2D eigenvalue weighted by Crippen LogP contribution is 2.31. The molecule has 0 saturated carbocycles. The standard InChI is InChI=1S/C30H35N5O3S/c1-18(2)26(35-15-22-7-5-6-8-24(22)29(35)37)30(38)34-16-23(36)13-25(34)28(31-4)32-14-20-9-11-21(12-10-20)27-19(3)33-17-39-27/h5-12,17-18,23,25-26,36H,13-16H2,1-4H3,(H,31,32)/t23-,25?,26+/m1/s1. The SMILES string of the molecule is CN=C(NCc1ccc(-c2scnc2C)cc1)C1C[C@@H](O)CN1C(=O)[C@H](C(C)C)N1Cc2ccccc2C1=O. The molecule has 2 aliphatic rings. The number of nitrogens with zero attached hydrogens (tertiary/aromatic N) is 4. The Morgan fingerprint density at radius 1 is 1.21 bits per heavy atom. The summed E-state index contributed by atoms with van der Waals surface area (Å²) in [6.45, 7) is 7.10. The highest BCUT2D eigenvalue weighted by atomic mass is 32.1. The molecular formula is C30H35N5O3S. The summed E-state index contributed by atoms with van der Waals surface area (Å²) in [6.07, 6.45) is -0.257. The number of hydrogen-bond donors (Lipinski definition) is 2. The highest BCUT2D eigenvalue weighted by Gasteiger charge is 2.45. The third-order valence-electron chi connectivity index (χ3n) is 7.62. The normalized spacial score (nSPS) is 20.1. The molecule has 39 heavy (non-hydrogen) atoms. The molecule has 9 heteroatoms. The van der Waals surface area contributed by atoms with Crippen LogP contribution >= 0.6 is 11.3 Å². The first-order chi connectivity index (χ1) is 18.8. The minimum Gasteiger partial charge on any atom is -0.391 e. The van der Waals surface area contributed by atoms with E-state index in [2.05, 4.69) is 39.6 Å². The summed E-state index contributed by atoms with van der Waals surface area (Å²) in [6, 6.07) is 14.8. The quantitative estimate of drug-likeness (QED) is 0.347. The predicted molar refractivity (Wildman–Crippen MR) is 154 cm³/mol. The molecule has 2 aliphatic heterocycles. The molecule has 0 radical (unpaired) electrons. The van der Waals surface area contributed by atoms with Crippen molar-refractivity contribution in [2.45, 2.75) is 58.5 Å². The Hall–Kier alpha value is -3.56. The Morgan fingerprint density at radius 2 is 1.95 bits per heavy atom. The van der Waals surface area contributed by atoms with Crippen molar-refractivity contribution < 1.29 is 14.7 Å². The second-order valence-corrected chi connectivity index (χ2v) is 11.5. The average Bonchev–Trinajstić information content (AvgIpc) is 3.62. The number of hydrogen-bond acceptors (Lipinski definition) is 6. The third-order valence-corrected chi connectivity index (χ3v) is 8.60. The van der Waals surface area contributed by atoms with Gasteiger partial charge in [-0.2, -0.15) is 0 Å². The van der Waals surface area contributed by atoms with Crippen LogP contribution in [0.25, 0.3) is 10.4 Å². The van der Waals surface area contributed by atoms with E-state index in [0.717, 1.165) is 22.4 Å². The molecular weight excluding hydrogens is 510 g/mol. The summed E-state index contributed by atoms with van der Waals surface area (Å²) in [7, 11) is 1.70. The van der Waals surface area contributed by atoms with Crippen molar-refractivity contribution in [3.63, 3.8) is 0 Å². The minimum absolute atomic E-state index is 0.0928. The molecule has 3 atom stereocenters. The minimum atomic E-state index is -0.654. The molecule has 0 bridgehead atoms. The van der Waals surface area contributed by atoms with Crippen LogP contribution in [-0.4, -0.2) is 69.3 Å². The van der Waals surface area contributed by atoms with E-state index >= 15 is 0 Å². The van der Waals surface area contributed by atoms with E-state index < -0.39 is 18.2 Å². The number of amidine groups is 1. The largest absolute Gasteiger partial charge is 0.391 e. The molecule has 0 aliphatic carbocycles. The molecule has 204 valence electrons. The van der Waals surface area contributed by atoms with Crippen LogP contribution in [0.5, 0.6) is 0 Å². The van der Waals surface area contributed by atoms with E-state index in [1.165, 1.54) is 4.88 Å². The first-order valence-corrected chi connectivity index (χ1v) is 14.2. The van der Waals surface area contributed by atoms with Gasteiger partial charge in [-0.05, 0) is 35.6 Å². The summed E-state index contributed by atoms with van der Waals surface area (Å²) in [5.41, 5.74) is 6.69. The number of carbonyl (C=O) groups is 2. The molecule has 3 heterocycles. The molecule has 5 rings (SSSR count). The third kappa shape index (κ3) is 5.33. The molecule has 2 aromatic carbocycles. The number of thiazole rings is 1. The van der Waals surface area contributed by atoms with Gasteiger partial charge in [0.25, 0.3) is 5.91 Å². The number of aliphatic hydroxyl groups is 1. The molecule has 1 saturated heterocycles. The highest BCUT2D eigenvalue weighted by molar-refractivity contribution is 7.13. The van der Waals surface area contributed by atoms with Gasteiger partial charge in [-0.15, -0.1) is 11.3 Å². The number of fused-ring (bicyclic) bond motifs is 1. The van der Waals surface area contributed by atoms with Crippen molar-refractivity contribution in [1.29, 1.82) is 0 Å². The van der Waals surface area contributed by atoms with Crippen LogP contribution in [0.15, 0.2) is 59.0 Å². The average molecular weight is 546 g/mol. The van der Waals surface area contributed by atoms with Gasteiger partial charge in [0.15, 0.2) is 0 Å². The van der Waals surface area contributed by atoms with E-state index in [1.54, 1.807) is 28.2 Å². The lowest BCUT2D eigenvalue weighted by molar-refractivity contribution is -0.138. The lowest BCUT2D eigenvalue weighted by Gasteiger charge is -2.35. The number of likely N-dealkylation sites (tertiary alicyclic amines) is 1. The van der Waals surface area contributed by atoms with Crippen LogP contribution < -0.4 is 5.32 Å². The first-order valence-electron chi connectivity index (χ1n) is 13.4. The molecule has 1 unspecified atom stereocenters. The van der Waals surface area contributed by atoms with Gasteiger partial charge in [0.1, 0.15) is 11.9 Å². The van der Waals surface area contributed by atoms with Crippen molar-refractivity contribution in [3.05, 3.63) is 76.4 Å². The van der Waals surface area contributed by atoms with Gasteiger partial charge < -0.3 is 20.2 Å². The van der Waals surface area contributed by atoms with E-state index in [1.807, 2.05) is 50.5 Å². The van der Waals surface area contributed by atoms with E-state index in [9.17, 15) is 14.7 Å². The summed E-state index contributed by atoms with van der Waals surface area (Å²) >= 11 is 1.63. The van der Waals surface area contributed by atoms with Gasteiger partial charge in [0.2, 0.25) is 5.91 Å². The van der Waals surface area contributed by atoms with Crippen molar-refractivity contribution in [2.75, 3.05) is 13.6 Å². The fraction of sp³-hybridized carbons (Fsp3) is 0.400.